The molecule has 2 aromatic carbocycles. The Labute approximate surface area is 143 Å². The first kappa shape index (κ1) is 17.7. The number of carbonyl (C=O) groups is 1. The molecule has 124 valence electrons. The largest absolute Gasteiger partial charge is 0.339 e. The van der Waals surface area contributed by atoms with Gasteiger partial charge in [0.15, 0.2) is 0 Å². The summed E-state index contributed by atoms with van der Waals surface area (Å²) in [6.45, 7) is 6.84. The molecule has 0 aliphatic heterocycles. The zero-order valence-electron chi connectivity index (χ0n) is 14.2. The minimum Gasteiger partial charge on any atom is -0.339 e. The summed E-state index contributed by atoms with van der Waals surface area (Å²) in [4.78, 5) is 14.1. The molecule has 0 aliphatic rings. The molecule has 2 aromatic rings. The highest BCUT2D eigenvalue weighted by atomic mass is 16.2. The maximum atomic E-state index is 12.3. The second-order valence-electron chi connectivity index (χ2n) is 5.59. The Morgan fingerprint density at radius 3 is 2.33 bits per heavy atom. The summed E-state index contributed by atoms with van der Waals surface area (Å²) in [6, 6.07) is 17.5. The number of amides is 1. The average Bonchev–Trinajstić information content (AvgIpc) is 2.63. The summed E-state index contributed by atoms with van der Waals surface area (Å²) in [5.41, 5.74) is 3.61. The Kier molecular flexibility index (Phi) is 6.53. The van der Waals surface area contributed by atoms with Crippen LogP contribution in [0.15, 0.2) is 48.5 Å². The van der Waals surface area contributed by atoms with Gasteiger partial charge in [0.1, 0.15) is 0 Å². The van der Waals surface area contributed by atoms with Gasteiger partial charge in [0.05, 0.1) is 11.6 Å². The molecule has 1 N–H and O–H groups in total. The first-order valence-corrected chi connectivity index (χ1v) is 8.25. The maximum Gasteiger partial charge on any atom is 0.253 e. The predicted molar refractivity (Wildman–Crippen MR) is 95.4 cm³/mol. The van der Waals surface area contributed by atoms with Crippen LogP contribution in [0.25, 0.3) is 0 Å². The molecule has 4 nitrogen and oxygen atoms in total. The van der Waals surface area contributed by atoms with Gasteiger partial charge < -0.3 is 10.2 Å². The van der Waals surface area contributed by atoms with Crippen LogP contribution in [0.3, 0.4) is 0 Å². The zero-order chi connectivity index (χ0) is 17.4. The molecule has 1 amide bonds. The van der Waals surface area contributed by atoms with E-state index < -0.39 is 0 Å². The van der Waals surface area contributed by atoms with E-state index in [2.05, 4.69) is 11.4 Å². The van der Waals surface area contributed by atoms with Crippen LogP contribution in [-0.4, -0.2) is 23.9 Å². The van der Waals surface area contributed by atoms with Crippen LogP contribution >= 0.6 is 0 Å². The van der Waals surface area contributed by atoms with Crippen molar-refractivity contribution in [1.82, 2.24) is 10.2 Å². The number of hydrogen-bond donors (Lipinski definition) is 1. The van der Waals surface area contributed by atoms with Gasteiger partial charge in [0.2, 0.25) is 0 Å². The number of hydrogen-bond acceptors (Lipinski definition) is 3. The fraction of sp³-hybridized carbons (Fsp3) is 0.300. The Morgan fingerprint density at radius 2 is 1.71 bits per heavy atom. The molecule has 0 aliphatic carbocycles. The normalized spacial score (nSPS) is 10.2. The molecule has 0 saturated heterocycles. The Hall–Kier alpha value is -2.64. The topological polar surface area (TPSA) is 56.1 Å². The second kappa shape index (κ2) is 8.85. The van der Waals surface area contributed by atoms with Crippen LogP contribution in [0.5, 0.6) is 0 Å². The third kappa shape index (κ3) is 4.68. The molecule has 0 saturated carbocycles. The molecule has 0 bridgehead atoms. The van der Waals surface area contributed by atoms with E-state index in [0.717, 1.165) is 36.3 Å². The second-order valence-corrected chi connectivity index (χ2v) is 5.59. The molecular formula is C20H23N3O. The lowest BCUT2D eigenvalue weighted by atomic mass is 10.1. The van der Waals surface area contributed by atoms with Gasteiger partial charge in [-0.15, -0.1) is 0 Å². The van der Waals surface area contributed by atoms with Gasteiger partial charge in [-0.3, -0.25) is 4.79 Å². The lowest BCUT2D eigenvalue weighted by Crippen LogP contribution is -2.30. The van der Waals surface area contributed by atoms with Crippen molar-refractivity contribution < 1.29 is 4.79 Å². The summed E-state index contributed by atoms with van der Waals surface area (Å²) in [7, 11) is 0. The maximum absolute atomic E-state index is 12.3. The number of carbonyl (C=O) groups excluding carboxylic acids is 1. The highest BCUT2D eigenvalue weighted by Crippen LogP contribution is 2.09. The molecule has 2 rings (SSSR count). The molecule has 0 atom stereocenters. The van der Waals surface area contributed by atoms with E-state index in [1.807, 2.05) is 61.2 Å². The van der Waals surface area contributed by atoms with Crippen molar-refractivity contribution in [3.05, 3.63) is 70.8 Å². The number of nitriles is 1. The van der Waals surface area contributed by atoms with E-state index >= 15 is 0 Å². The SMILES string of the molecule is CCN(CC)C(=O)c1ccc(CNCc2cccc(C#N)c2)cc1. The van der Waals surface area contributed by atoms with E-state index in [1.165, 1.54) is 0 Å². The summed E-state index contributed by atoms with van der Waals surface area (Å²) < 4.78 is 0. The van der Waals surface area contributed by atoms with Crippen LogP contribution in [0.1, 0.15) is 40.9 Å². The molecule has 0 heterocycles. The molecule has 0 spiro atoms. The molecule has 0 fully saturated rings. The first-order chi connectivity index (χ1) is 11.7. The van der Waals surface area contributed by atoms with E-state index in [-0.39, 0.29) is 5.91 Å². The van der Waals surface area contributed by atoms with E-state index in [9.17, 15) is 4.79 Å². The number of nitrogens with zero attached hydrogens (tertiary/aromatic N) is 2. The highest BCUT2D eigenvalue weighted by molar-refractivity contribution is 5.94. The van der Waals surface area contributed by atoms with Gasteiger partial charge in [-0.2, -0.15) is 5.26 Å². The molecule has 0 radical (unpaired) electrons. The molecular weight excluding hydrogens is 298 g/mol. The summed E-state index contributed by atoms with van der Waals surface area (Å²) >= 11 is 0. The van der Waals surface area contributed by atoms with E-state index in [1.54, 1.807) is 6.07 Å². The van der Waals surface area contributed by atoms with Gasteiger partial charge in [-0.05, 0) is 49.2 Å². The van der Waals surface area contributed by atoms with Gasteiger partial charge in [0, 0.05) is 31.7 Å². The van der Waals surface area contributed by atoms with Gasteiger partial charge in [-0.1, -0.05) is 24.3 Å². The van der Waals surface area contributed by atoms with Crippen LogP contribution in [0.4, 0.5) is 0 Å². The summed E-state index contributed by atoms with van der Waals surface area (Å²) in [6.07, 6.45) is 0. The lowest BCUT2D eigenvalue weighted by molar-refractivity contribution is 0.0773. The van der Waals surface area contributed by atoms with Crippen molar-refractivity contribution in [2.75, 3.05) is 13.1 Å². The minimum absolute atomic E-state index is 0.0767. The number of nitrogens with one attached hydrogen (secondary N) is 1. The number of rotatable bonds is 7. The first-order valence-electron chi connectivity index (χ1n) is 8.25. The van der Waals surface area contributed by atoms with Crippen LogP contribution in [0.2, 0.25) is 0 Å². The third-order valence-corrected chi connectivity index (χ3v) is 3.97. The summed E-state index contributed by atoms with van der Waals surface area (Å²) in [5.74, 6) is 0.0767. The monoisotopic (exact) mass is 321 g/mol. The number of benzene rings is 2. The van der Waals surface area contributed by atoms with Crippen LogP contribution in [0, 0.1) is 11.3 Å². The standard InChI is InChI=1S/C20H23N3O/c1-3-23(4-2)20(24)19-10-8-16(9-11-19)14-22-15-18-7-5-6-17(12-18)13-21/h5-12,22H,3-4,14-15H2,1-2H3. The van der Waals surface area contributed by atoms with E-state index in [4.69, 9.17) is 5.26 Å². The molecule has 24 heavy (non-hydrogen) atoms. The molecule has 4 heteroatoms. The van der Waals surface area contributed by atoms with Gasteiger partial charge >= 0.3 is 0 Å². The fourth-order valence-corrected chi connectivity index (χ4v) is 2.56. The van der Waals surface area contributed by atoms with Crippen LogP contribution in [-0.2, 0) is 13.1 Å². The van der Waals surface area contributed by atoms with Crippen molar-refractivity contribution in [2.45, 2.75) is 26.9 Å². The van der Waals surface area contributed by atoms with Gasteiger partial charge in [-0.25, -0.2) is 0 Å². The summed E-state index contributed by atoms with van der Waals surface area (Å²) in [5, 5.41) is 12.3. The molecule has 0 aromatic heterocycles. The highest BCUT2D eigenvalue weighted by Gasteiger charge is 2.11. The van der Waals surface area contributed by atoms with Crippen molar-refractivity contribution in [3.63, 3.8) is 0 Å². The van der Waals surface area contributed by atoms with Crippen molar-refractivity contribution in [1.29, 1.82) is 5.26 Å². The smallest absolute Gasteiger partial charge is 0.253 e. The average molecular weight is 321 g/mol. The van der Waals surface area contributed by atoms with Gasteiger partial charge in [0.25, 0.3) is 5.91 Å². The van der Waals surface area contributed by atoms with Crippen molar-refractivity contribution in [2.24, 2.45) is 0 Å². The van der Waals surface area contributed by atoms with Crippen molar-refractivity contribution in [3.8, 4) is 6.07 Å². The molecule has 0 unspecified atom stereocenters. The van der Waals surface area contributed by atoms with Crippen molar-refractivity contribution >= 4 is 5.91 Å². The predicted octanol–water partition coefficient (Wildman–Crippen LogP) is 3.33. The zero-order valence-corrected chi connectivity index (χ0v) is 14.2. The lowest BCUT2D eigenvalue weighted by Gasteiger charge is -2.18. The van der Waals surface area contributed by atoms with E-state index in [0.29, 0.717) is 12.1 Å². The quantitative estimate of drug-likeness (QED) is 0.851. The fourth-order valence-electron chi connectivity index (χ4n) is 2.56. The Morgan fingerprint density at radius 1 is 1.04 bits per heavy atom. The Bertz CT molecular complexity index is 712. The third-order valence-electron chi connectivity index (χ3n) is 3.97. The van der Waals surface area contributed by atoms with Crippen LogP contribution < -0.4 is 5.32 Å². The minimum atomic E-state index is 0.0767. The Balaban J connectivity index is 1.90.